The zero-order valence-corrected chi connectivity index (χ0v) is 12.3. The second-order valence-electron chi connectivity index (χ2n) is 4.38. The predicted molar refractivity (Wildman–Crippen MR) is 77.5 cm³/mol. The van der Waals surface area contributed by atoms with E-state index < -0.39 is 0 Å². The summed E-state index contributed by atoms with van der Waals surface area (Å²) in [4.78, 5) is 15.0. The van der Waals surface area contributed by atoms with Crippen molar-refractivity contribution in [3.63, 3.8) is 0 Å². The average molecular weight is 283 g/mol. The monoisotopic (exact) mass is 283 g/mol. The number of rotatable bonds is 5. The lowest BCUT2D eigenvalue weighted by atomic mass is 10.2. The van der Waals surface area contributed by atoms with Crippen LogP contribution in [0.5, 0.6) is 0 Å². The molecule has 2 rings (SSSR count). The van der Waals surface area contributed by atoms with Crippen molar-refractivity contribution >= 4 is 23.7 Å². The molecule has 6 nitrogen and oxygen atoms in total. The molecule has 1 saturated heterocycles. The summed E-state index contributed by atoms with van der Waals surface area (Å²) in [5.41, 5.74) is 5.78. The first-order chi connectivity index (χ1) is 9.22. The van der Waals surface area contributed by atoms with E-state index in [4.69, 9.17) is 10.5 Å². The van der Waals surface area contributed by atoms with Crippen LogP contribution in [0.1, 0.15) is 26.7 Å². The van der Waals surface area contributed by atoms with Gasteiger partial charge in [-0.2, -0.15) is 15.0 Å². The van der Waals surface area contributed by atoms with Crippen LogP contribution in [0.4, 0.5) is 11.9 Å². The van der Waals surface area contributed by atoms with E-state index in [1.807, 2.05) is 0 Å². The fraction of sp³-hybridized carbons (Fsp3) is 0.750. The molecule has 0 spiro atoms. The van der Waals surface area contributed by atoms with Crippen LogP contribution in [0, 0.1) is 0 Å². The third-order valence-corrected chi connectivity index (χ3v) is 4.31. The molecule has 1 aliphatic rings. The minimum Gasteiger partial charge on any atom is -0.381 e. The Morgan fingerprint density at radius 3 is 2.53 bits per heavy atom. The second kappa shape index (κ2) is 6.91. The summed E-state index contributed by atoms with van der Waals surface area (Å²) >= 11 is 1.68. The van der Waals surface area contributed by atoms with Crippen LogP contribution in [-0.2, 0) is 4.74 Å². The summed E-state index contributed by atoms with van der Waals surface area (Å²) in [5, 5.41) is 1.24. The first-order valence-electron chi connectivity index (χ1n) is 6.73. The summed E-state index contributed by atoms with van der Waals surface area (Å²) in [5.74, 6) is 0.971. The van der Waals surface area contributed by atoms with Crippen LogP contribution in [-0.4, -0.2) is 46.5 Å². The van der Waals surface area contributed by atoms with Gasteiger partial charge in [-0.15, -0.1) is 0 Å². The normalized spacial score (nSPS) is 16.5. The van der Waals surface area contributed by atoms with Gasteiger partial charge in [0.05, 0.1) is 0 Å². The number of nitrogens with two attached hydrogens (primary N) is 1. The van der Waals surface area contributed by atoms with E-state index in [0.717, 1.165) is 44.3 Å². The lowest BCUT2D eigenvalue weighted by molar-refractivity contribution is 0.1000. The standard InChI is InChI=1S/C12H21N5OS/c1-3-17(4-2)11-14-10(13)15-12(16-11)19-9-5-7-18-8-6-9/h9H,3-8H2,1-2H3,(H2,13,14,15,16). The highest BCUT2D eigenvalue weighted by Crippen LogP contribution is 2.28. The van der Waals surface area contributed by atoms with Gasteiger partial charge in [0, 0.05) is 31.6 Å². The van der Waals surface area contributed by atoms with E-state index in [1.54, 1.807) is 11.8 Å². The van der Waals surface area contributed by atoms with E-state index in [1.165, 1.54) is 0 Å². The Morgan fingerprint density at radius 1 is 1.21 bits per heavy atom. The minimum atomic E-state index is 0.298. The highest BCUT2D eigenvalue weighted by Gasteiger charge is 2.18. The third kappa shape index (κ3) is 3.94. The number of thioether (sulfide) groups is 1. The number of ether oxygens (including phenoxy) is 1. The van der Waals surface area contributed by atoms with Gasteiger partial charge >= 0.3 is 0 Å². The lowest BCUT2D eigenvalue weighted by Crippen LogP contribution is -2.25. The van der Waals surface area contributed by atoms with E-state index in [0.29, 0.717) is 17.1 Å². The summed E-state index contributed by atoms with van der Waals surface area (Å²) in [6.45, 7) is 7.52. The maximum Gasteiger partial charge on any atom is 0.231 e. The predicted octanol–water partition coefficient (Wildman–Crippen LogP) is 1.57. The topological polar surface area (TPSA) is 77.2 Å². The molecule has 0 amide bonds. The molecule has 1 aliphatic heterocycles. The molecule has 19 heavy (non-hydrogen) atoms. The number of nitrogens with zero attached hydrogens (tertiary/aromatic N) is 4. The zero-order chi connectivity index (χ0) is 13.7. The minimum absolute atomic E-state index is 0.298. The largest absolute Gasteiger partial charge is 0.381 e. The molecule has 7 heteroatoms. The van der Waals surface area contributed by atoms with Gasteiger partial charge in [0.2, 0.25) is 11.9 Å². The van der Waals surface area contributed by atoms with Crippen LogP contribution < -0.4 is 10.6 Å². The van der Waals surface area contributed by atoms with Gasteiger partial charge in [-0.3, -0.25) is 0 Å². The smallest absolute Gasteiger partial charge is 0.231 e. The van der Waals surface area contributed by atoms with Crippen LogP contribution in [0.15, 0.2) is 5.16 Å². The van der Waals surface area contributed by atoms with Crippen molar-refractivity contribution in [2.45, 2.75) is 37.1 Å². The quantitative estimate of drug-likeness (QED) is 0.878. The van der Waals surface area contributed by atoms with Crippen LogP contribution in [0.3, 0.4) is 0 Å². The van der Waals surface area contributed by atoms with Gasteiger partial charge in [0.1, 0.15) is 0 Å². The Bertz CT molecular complexity index is 407. The van der Waals surface area contributed by atoms with Crippen molar-refractivity contribution in [2.24, 2.45) is 0 Å². The molecule has 0 saturated carbocycles. The van der Waals surface area contributed by atoms with Gasteiger partial charge in [-0.25, -0.2) is 0 Å². The molecule has 2 heterocycles. The SMILES string of the molecule is CCN(CC)c1nc(N)nc(SC2CCOCC2)n1. The van der Waals surface area contributed by atoms with E-state index in [-0.39, 0.29) is 0 Å². The number of nitrogen functional groups attached to an aromatic ring is 1. The third-order valence-electron chi connectivity index (χ3n) is 3.11. The zero-order valence-electron chi connectivity index (χ0n) is 11.5. The molecule has 0 bridgehead atoms. The maximum atomic E-state index is 5.78. The van der Waals surface area contributed by atoms with Crippen LogP contribution in [0.25, 0.3) is 0 Å². The molecule has 1 aromatic heterocycles. The van der Waals surface area contributed by atoms with Crippen molar-refractivity contribution < 1.29 is 4.74 Å². The Kier molecular flexibility index (Phi) is 5.21. The van der Waals surface area contributed by atoms with E-state index >= 15 is 0 Å². The number of anilines is 2. The Morgan fingerprint density at radius 2 is 1.89 bits per heavy atom. The van der Waals surface area contributed by atoms with Crippen molar-refractivity contribution in [1.82, 2.24) is 15.0 Å². The van der Waals surface area contributed by atoms with Crippen molar-refractivity contribution in [3.05, 3.63) is 0 Å². The first-order valence-corrected chi connectivity index (χ1v) is 7.61. The molecule has 0 unspecified atom stereocenters. The average Bonchev–Trinajstić information content (AvgIpc) is 2.40. The molecule has 0 atom stereocenters. The number of aromatic nitrogens is 3. The van der Waals surface area contributed by atoms with Crippen molar-refractivity contribution in [2.75, 3.05) is 36.9 Å². The molecule has 106 valence electrons. The fourth-order valence-corrected chi connectivity index (χ4v) is 3.01. The molecular weight excluding hydrogens is 262 g/mol. The lowest BCUT2D eigenvalue weighted by Gasteiger charge is -2.22. The molecule has 1 aromatic rings. The van der Waals surface area contributed by atoms with E-state index in [9.17, 15) is 0 Å². The molecule has 1 fully saturated rings. The van der Waals surface area contributed by atoms with Gasteiger partial charge < -0.3 is 15.4 Å². The van der Waals surface area contributed by atoms with E-state index in [2.05, 4.69) is 33.7 Å². The molecule has 0 aliphatic carbocycles. The van der Waals surface area contributed by atoms with Crippen molar-refractivity contribution in [1.29, 1.82) is 0 Å². The highest BCUT2D eigenvalue weighted by atomic mass is 32.2. The van der Waals surface area contributed by atoms with Gasteiger partial charge in [0.15, 0.2) is 5.16 Å². The van der Waals surface area contributed by atoms with Crippen molar-refractivity contribution in [3.8, 4) is 0 Å². The Labute approximate surface area is 118 Å². The van der Waals surface area contributed by atoms with Gasteiger partial charge in [0.25, 0.3) is 0 Å². The number of hydrogen-bond acceptors (Lipinski definition) is 7. The summed E-state index contributed by atoms with van der Waals surface area (Å²) < 4.78 is 5.36. The summed E-state index contributed by atoms with van der Waals surface area (Å²) in [6.07, 6.45) is 2.08. The molecular formula is C12H21N5OS. The Balaban J connectivity index is 2.11. The molecule has 2 N–H and O–H groups in total. The first kappa shape index (κ1) is 14.3. The molecule has 0 aromatic carbocycles. The Hall–Kier alpha value is -1.08. The second-order valence-corrected chi connectivity index (χ2v) is 5.65. The van der Waals surface area contributed by atoms with Crippen LogP contribution in [0.2, 0.25) is 0 Å². The summed E-state index contributed by atoms with van der Waals surface area (Å²) in [6, 6.07) is 0. The maximum absolute atomic E-state index is 5.78. The van der Waals surface area contributed by atoms with Gasteiger partial charge in [-0.1, -0.05) is 11.8 Å². The highest BCUT2D eigenvalue weighted by molar-refractivity contribution is 7.99. The number of hydrogen-bond donors (Lipinski definition) is 1. The van der Waals surface area contributed by atoms with Crippen LogP contribution >= 0.6 is 11.8 Å². The fourth-order valence-electron chi connectivity index (χ4n) is 2.00. The molecule has 0 radical (unpaired) electrons. The summed E-state index contributed by atoms with van der Waals surface area (Å²) in [7, 11) is 0. The van der Waals surface area contributed by atoms with Gasteiger partial charge in [-0.05, 0) is 26.7 Å².